The van der Waals surface area contributed by atoms with Gasteiger partial charge in [0.05, 0.1) is 6.54 Å². The van der Waals surface area contributed by atoms with Crippen molar-refractivity contribution in [3.05, 3.63) is 0 Å². The fraction of sp³-hybridized carbons (Fsp3) is 1.00. The minimum Gasteiger partial charge on any atom is -0.308 e. The quantitative estimate of drug-likeness (QED) is 0.730. The third kappa shape index (κ3) is 10.0. The van der Waals surface area contributed by atoms with E-state index >= 15 is 0 Å². The second kappa shape index (κ2) is 6.54. The lowest BCUT2D eigenvalue weighted by molar-refractivity contribution is -0.125. The van der Waals surface area contributed by atoms with E-state index < -0.39 is 12.7 Å². The Balaban J connectivity index is 3.31. The molecule has 0 saturated carbocycles. The number of thioether (sulfide) groups is 1. The van der Waals surface area contributed by atoms with Gasteiger partial charge in [0.15, 0.2) is 0 Å². The van der Waals surface area contributed by atoms with Crippen LogP contribution in [0.25, 0.3) is 0 Å². The van der Waals surface area contributed by atoms with Crippen LogP contribution in [0, 0.1) is 5.92 Å². The molecule has 0 fully saturated rings. The molecule has 0 aromatic carbocycles. The van der Waals surface area contributed by atoms with Crippen LogP contribution in [0.4, 0.5) is 13.2 Å². The van der Waals surface area contributed by atoms with E-state index in [1.165, 1.54) is 0 Å². The van der Waals surface area contributed by atoms with Crippen molar-refractivity contribution in [2.75, 3.05) is 25.1 Å². The standard InChI is InChI=1S/C8H16F3NS/c1-7(3-4-13-2)5-12-6-8(9,10)11/h7,12H,3-6H2,1-2H3. The third-order valence-corrected chi connectivity index (χ3v) is 2.28. The molecule has 0 bridgehead atoms. The lowest BCUT2D eigenvalue weighted by Gasteiger charge is -2.13. The van der Waals surface area contributed by atoms with Crippen molar-refractivity contribution in [2.45, 2.75) is 19.5 Å². The van der Waals surface area contributed by atoms with Gasteiger partial charge in [-0.3, -0.25) is 0 Å². The highest BCUT2D eigenvalue weighted by molar-refractivity contribution is 7.98. The Morgan fingerprint density at radius 2 is 2.00 bits per heavy atom. The maximum absolute atomic E-state index is 11.7. The van der Waals surface area contributed by atoms with Gasteiger partial charge in [0.25, 0.3) is 0 Å². The van der Waals surface area contributed by atoms with Crippen LogP contribution in [0.3, 0.4) is 0 Å². The summed E-state index contributed by atoms with van der Waals surface area (Å²) in [7, 11) is 0. The number of nitrogens with one attached hydrogen (secondary N) is 1. The maximum Gasteiger partial charge on any atom is 0.401 e. The van der Waals surface area contributed by atoms with E-state index in [1.54, 1.807) is 11.8 Å². The molecule has 1 nitrogen and oxygen atoms in total. The summed E-state index contributed by atoms with van der Waals surface area (Å²) in [5.74, 6) is 1.32. The zero-order chi connectivity index (χ0) is 10.3. The molecule has 0 aliphatic carbocycles. The van der Waals surface area contributed by atoms with Gasteiger partial charge >= 0.3 is 6.18 Å². The number of alkyl halides is 3. The Morgan fingerprint density at radius 3 is 2.46 bits per heavy atom. The Labute approximate surface area is 81.5 Å². The molecule has 0 amide bonds. The summed E-state index contributed by atoms with van der Waals surface area (Å²) in [6, 6.07) is 0. The Morgan fingerprint density at radius 1 is 1.38 bits per heavy atom. The summed E-state index contributed by atoms with van der Waals surface area (Å²) < 4.78 is 35.1. The van der Waals surface area contributed by atoms with E-state index in [1.807, 2.05) is 13.2 Å². The van der Waals surface area contributed by atoms with Gasteiger partial charge in [-0.05, 0) is 30.9 Å². The van der Waals surface area contributed by atoms with Crippen LogP contribution in [0.5, 0.6) is 0 Å². The van der Waals surface area contributed by atoms with Crippen LogP contribution in [-0.4, -0.2) is 31.3 Å². The molecule has 0 aliphatic rings. The highest BCUT2D eigenvalue weighted by Crippen LogP contribution is 2.12. The molecule has 0 rings (SSSR count). The molecule has 0 aromatic heterocycles. The first-order chi connectivity index (χ1) is 5.95. The van der Waals surface area contributed by atoms with Gasteiger partial charge in [0.2, 0.25) is 0 Å². The topological polar surface area (TPSA) is 12.0 Å². The van der Waals surface area contributed by atoms with E-state index in [4.69, 9.17) is 0 Å². The van der Waals surface area contributed by atoms with E-state index in [0.717, 1.165) is 12.2 Å². The van der Waals surface area contributed by atoms with Gasteiger partial charge in [-0.15, -0.1) is 0 Å². The van der Waals surface area contributed by atoms with Crippen molar-refractivity contribution in [1.82, 2.24) is 5.32 Å². The predicted octanol–water partition coefficient (Wildman–Crippen LogP) is 2.53. The van der Waals surface area contributed by atoms with Crippen molar-refractivity contribution in [3.63, 3.8) is 0 Å². The molecule has 80 valence electrons. The molecular formula is C8H16F3NS. The van der Waals surface area contributed by atoms with Crippen LogP contribution in [-0.2, 0) is 0 Å². The largest absolute Gasteiger partial charge is 0.401 e. The number of halogens is 3. The first kappa shape index (κ1) is 13.1. The van der Waals surface area contributed by atoms with E-state index in [0.29, 0.717) is 12.5 Å². The molecule has 1 atom stereocenters. The summed E-state index contributed by atoms with van der Waals surface area (Å²) in [4.78, 5) is 0. The zero-order valence-corrected chi connectivity index (χ0v) is 8.76. The summed E-state index contributed by atoms with van der Waals surface area (Å²) >= 11 is 1.72. The lowest BCUT2D eigenvalue weighted by atomic mass is 10.1. The Kier molecular flexibility index (Phi) is 6.59. The molecule has 1 N–H and O–H groups in total. The predicted molar refractivity (Wildman–Crippen MR) is 51.1 cm³/mol. The molecule has 0 radical (unpaired) electrons. The monoisotopic (exact) mass is 215 g/mol. The fourth-order valence-corrected chi connectivity index (χ4v) is 1.52. The first-order valence-corrected chi connectivity index (χ1v) is 5.61. The SMILES string of the molecule is CSCCC(C)CNCC(F)(F)F. The number of hydrogen-bond acceptors (Lipinski definition) is 2. The lowest BCUT2D eigenvalue weighted by Crippen LogP contribution is -2.32. The van der Waals surface area contributed by atoms with Crippen molar-refractivity contribution in [1.29, 1.82) is 0 Å². The summed E-state index contributed by atoms with van der Waals surface area (Å²) in [5, 5.41) is 2.40. The minimum atomic E-state index is -4.08. The van der Waals surface area contributed by atoms with Gasteiger partial charge in [-0.1, -0.05) is 6.92 Å². The molecule has 13 heavy (non-hydrogen) atoms. The van der Waals surface area contributed by atoms with Crippen LogP contribution >= 0.6 is 11.8 Å². The first-order valence-electron chi connectivity index (χ1n) is 4.22. The van der Waals surface area contributed by atoms with Crippen LogP contribution in [0.15, 0.2) is 0 Å². The van der Waals surface area contributed by atoms with Crippen molar-refractivity contribution < 1.29 is 13.2 Å². The van der Waals surface area contributed by atoms with Crippen LogP contribution in [0.1, 0.15) is 13.3 Å². The van der Waals surface area contributed by atoms with Crippen molar-refractivity contribution >= 4 is 11.8 Å². The summed E-state index contributed by atoms with van der Waals surface area (Å²) in [6.45, 7) is 1.52. The Bertz CT molecular complexity index is 127. The average molecular weight is 215 g/mol. The molecule has 0 aromatic rings. The number of hydrogen-bond donors (Lipinski definition) is 1. The smallest absolute Gasteiger partial charge is 0.308 e. The van der Waals surface area contributed by atoms with Gasteiger partial charge < -0.3 is 5.32 Å². The maximum atomic E-state index is 11.7. The van der Waals surface area contributed by atoms with Crippen molar-refractivity contribution in [3.8, 4) is 0 Å². The van der Waals surface area contributed by atoms with Crippen LogP contribution in [0.2, 0.25) is 0 Å². The highest BCUT2D eigenvalue weighted by atomic mass is 32.2. The van der Waals surface area contributed by atoms with E-state index in [-0.39, 0.29) is 0 Å². The van der Waals surface area contributed by atoms with Crippen LogP contribution < -0.4 is 5.32 Å². The molecular weight excluding hydrogens is 199 g/mol. The second-order valence-corrected chi connectivity index (χ2v) is 4.12. The molecule has 0 saturated heterocycles. The third-order valence-electron chi connectivity index (χ3n) is 1.63. The molecule has 1 unspecified atom stereocenters. The summed E-state index contributed by atoms with van der Waals surface area (Å²) in [6.07, 6.45) is -1.12. The molecule has 5 heteroatoms. The Hall–Kier alpha value is 0.100. The average Bonchev–Trinajstić information content (AvgIpc) is 1.98. The van der Waals surface area contributed by atoms with E-state index in [2.05, 4.69) is 5.32 Å². The molecule has 0 heterocycles. The summed E-state index contributed by atoms with van der Waals surface area (Å²) in [5.41, 5.74) is 0. The highest BCUT2D eigenvalue weighted by Gasteiger charge is 2.26. The minimum absolute atomic E-state index is 0.315. The van der Waals surface area contributed by atoms with Crippen molar-refractivity contribution in [2.24, 2.45) is 5.92 Å². The van der Waals surface area contributed by atoms with Gasteiger partial charge in [0, 0.05) is 0 Å². The van der Waals surface area contributed by atoms with Gasteiger partial charge in [0.1, 0.15) is 0 Å². The molecule has 0 spiro atoms. The van der Waals surface area contributed by atoms with Gasteiger partial charge in [-0.2, -0.15) is 24.9 Å². The zero-order valence-electron chi connectivity index (χ0n) is 7.95. The fourth-order valence-electron chi connectivity index (χ4n) is 0.881. The second-order valence-electron chi connectivity index (χ2n) is 3.13. The number of rotatable bonds is 6. The normalized spacial score (nSPS) is 14.5. The molecule has 0 aliphatic heterocycles. The van der Waals surface area contributed by atoms with Gasteiger partial charge in [-0.25, -0.2) is 0 Å². The van der Waals surface area contributed by atoms with E-state index in [9.17, 15) is 13.2 Å².